The van der Waals surface area contributed by atoms with Gasteiger partial charge in [0.05, 0.1) is 12.0 Å². The summed E-state index contributed by atoms with van der Waals surface area (Å²) in [6.07, 6.45) is 6.55. The highest BCUT2D eigenvalue weighted by Gasteiger charge is 2.53. The molecule has 0 radical (unpaired) electrons. The van der Waals surface area contributed by atoms with Crippen molar-refractivity contribution in [2.75, 3.05) is 19.6 Å². The zero-order chi connectivity index (χ0) is 17.0. The van der Waals surface area contributed by atoms with E-state index < -0.39 is 0 Å². The van der Waals surface area contributed by atoms with Crippen molar-refractivity contribution in [3.63, 3.8) is 0 Å². The highest BCUT2D eigenvalue weighted by Crippen LogP contribution is 2.47. The number of aromatic nitrogens is 2. The number of aryl methyl sites for hydroxylation is 1. The molecule has 0 saturated carbocycles. The molecule has 6 rings (SSSR count). The molecule has 132 valence electrons. The number of likely N-dealkylation sites (tertiary alicyclic amines) is 1. The van der Waals surface area contributed by atoms with Gasteiger partial charge in [-0.05, 0) is 49.5 Å². The van der Waals surface area contributed by atoms with Crippen LogP contribution in [0.25, 0.3) is 0 Å². The van der Waals surface area contributed by atoms with Crippen LogP contribution in [0.5, 0.6) is 5.75 Å². The van der Waals surface area contributed by atoms with E-state index in [2.05, 4.69) is 32.5 Å². The van der Waals surface area contributed by atoms with Crippen LogP contribution in [-0.2, 0) is 13.6 Å². The maximum atomic E-state index is 9.97. The minimum atomic E-state index is 0.384. The van der Waals surface area contributed by atoms with Gasteiger partial charge in [0, 0.05) is 44.3 Å². The van der Waals surface area contributed by atoms with Gasteiger partial charge in [-0.25, -0.2) is 4.98 Å². The van der Waals surface area contributed by atoms with Gasteiger partial charge in [-0.15, -0.1) is 0 Å². The Bertz CT molecular complexity index is 765. The Morgan fingerprint density at radius 1 is 1.20 bits per heavy atom. The van der Waals surface area contributed by atoms with Crippen molar-refractivity contribution in [3.05, 3.63) is 48.0 Å². The van der Waals surface area contributed by atoms with Gasteiger partial charge in [0.25, 0.3) is 0 Å². The van der Waals surface area contributed by atoms with E-state index in [9.17, 15) is 5.11 Å². The molecule has 25 heavy (non-hydrogen) atoms. The molecule has 1 N–H and O–H groups in total. The number of fused-ring (bicyclic) bond motifs is 2. The van der Waals surface area contributed by atoms with Crippen LogP contribution >= 0.6 is 0 Å². The molecule has 5 heteroatoms. The SMILES string of the molecule is Cn1cncc1CN1C[C@@H](c2cccc(O)c2)[C@@H]2[C@H]1C1CCN2CC1. The third-order valence-corrected chi connectivity index (χ3v) is 6.67. The van der Waals surface area contributed by atoms with Crippen LogP contribution in [0.2, 0.25) is 0 Å². The molecular weight excluding hydrogens is 312 g/mol. The lowest BCUT2D eigenvalue weighted by Gasteiger charge is -2.51. The van der Waals surface area contributed by atoms with Crippen molar-refractivity contribution in [2.45, 2.75) is 37.4 Å². The van der Waals surface area contributed by atoms with Gasteiger partial charge >= 0.3 is 0 Å². The van der Waals surface area contributed by atoms with E-state index in [4.69, 9.17) is 0 Å². The largest absolute Gasteiger partial charge is 0.508 e. The lowest BCUT2D eigenvalue weighted by molar-refractivity contribution is -0.00917. The highest BCUT2D eigenvalue weighted by molar-refractivity contribution is 5.33. The fourth-order valence-electron chi connectivity index (χ4n) is 5.52. The van der Waals surface area contributed by atoms with Crippen molar-refractivity contribution >= 4 is 0 Å². The molecule has 5 heterocycles. The second-order valence-electron chi connectivity index (χ2n) is 7.98. The number of benzene rings is 1. The summed E-state index contributed by atoms with van der Waals surface area (Å²) in [5.74, 6) is 1.68. The fourth-order valence-corrected chi connectivity index (χ4v) is 5.52. The van der Waals surface area contributed by atoms with Gasteiger partial charge in [0.15, 0.2) is 0 Å². The normalized spacial score (nSPS) is 34.4. The Balaban J connectivity index is 1.50. The summed E-state index contributed by atoms with van der Waals surface area (Å²) in [4.78, 5) is 9.70. The maximum absolute atomic E-state index is 9.97. The van der Waals surface area contributed by atoms with Crippen LogP contribution in [-0.4, -0.2) is 56.2 Å². The zero-order valence-corrected chi connectivity index (χ0v) is 14.8. The van der Waals surface area contributed by atoms with Crippen LogP contribution in [0.4, 0.5) is 0 Å². The van der Waals surface area contributed by atoms with Crippen LogP contribution < -0.4 is 0 Å². The summed E-state index contributed by atoms with van der Waals surface area (Å²) < 4.78 is 2.14. The van der Waals surface area contributed by atoms with Gasteiger partial charge < -0.3 is 9.67 Å². The second-order valence-corrected chi connectivity index (χ2v) is 7.98. The quantitative estimate of drug-likeness (QED) is 0.932. The Morgan fingerprint density at radius 3 is 2.76 bits per heavy atom. The number of hydrogen-bond acceptors (Lipinski definition) is 4. The van der Waals surface area contributed by atoms with Gasteiger partial charge in [0.1, 0.15) is 5.75 Å². The Morgan fingerprint density at radius 2 is 2.04 bits per heavy atom. The first kappa shape index (κ1) is 15.4. The van der Waals surface area contributed by atoms with Crippen LogP contribution in [0.3, 0.4) is 0 Å². The molecule has 4 saturated heterocycles. The number of piperidine rings is 3. The summed E-state index contributed by atoms with van der Waals surface area (Å²) in [7, 11) is 2.08. The first-order valence-electron chi connectivity index (χ1n) is 9.43. The van der Waals surface area contributed by atoms with E-state index in [-0.39, 0.29) is 0 Å². The molecule has 0 amide bonds. The molecule has 5 nitrogen and oxygen atoms in total. The summed E-state index contributed by atoms with van der Waals surface area (Å²) in [5.41, 5.74) is 2.57. The van der Waals surface area contributed by atoms with Crippen LogP contribution in [0.15, 0.2) is 36.8 Å². The number of phenolic OH excluding ortho intramolecular Hbond substituents is 1. The summed E-state index contributed by atoms with van der Waals surface area (Å²) in [6.45, 7) is 4.51. The topological polar surface area (TPSA) is 44.5 Å². The monoisotopic (exact) mass is 338 g/mol. The summed E-state index contributed by atoms with van der Waals surface area (Å²) in [6, 6.07) is 9.14. The van der Waals surface area contributed by atoms with Crippen molar-refractivity contribution in [1.82, 2.24) is 19.4 Å². The molecular formula is C20H26N4O. The van der Waals surface area contributed by atoms with E-state index in [1.807, 2.05) is 24.7 Å². The number of imidazole rings is 1. The van der Waals surface area contributed by atoms with Gasteiger partial charge in [0.2, 0.25) is 0 Å². The third-order valence-electron chi connectivity index (χ3n) is 6.67. The molecule has 4 aliphatic heterocycles. The second kappa shape index (κ2) is 5.85. The zero-order valence-electron chi connectivity index (χ0n) is 14.8. The lowest BCUT2D eigenvalue weighted by atomic mass is 9.75. The number of rotatable bonds is 3. The average Bonchev–Trinajstić information content (AvgIpc) is 3.22. The molecule has 1 aromatic carbocycles. The smallest absolute Gasteiger partial charge is 0.115 e. The van der Waals surface area contributed by atoms with Gasteiger partial charge in [-0.3, -0.25) is 9.80 Å². The Labute approximate surface area is 148 Å². The van der Waals surface area contributed by atoms with E-state index >= 15 is 0 Å². The molecule has 2 bridgehead atoms. The highest BCUT2D eigenvalue weighted by atomic mass is 16.3. The van der Waals surface area contributed by atoms with E-state index in [1.54, 1.807) is 6.07 Å². The van der Waals surface area contributed by atoms with Crippen molar-refractivity contribution in [3.8, 4) is 5.75 Å². The molecule has 3 atom stereocenters. The number of phenols is 1. The molecule has 1 aromatic heterocycles. The standard InChI is InChI=1S/C20H26N4O/c1-22-13-21-10-16(22)11-24-12-18(15-3-2-4-17(25)9-15)20-19(24)14-5-7-23(20)8-6-14/h2-4,9-10,13-14,18-20,25H,5-8,11-12H2,1H3/t18-,19+,20+/m0/s1. The van der Waals surface area contributed by atoms with E-state index in [1.165, 1.54) is 37.2 Å². The van der Waals surface area contributed by atoms with Crippen molar-refractivity contribution in [2.24, 2.45) is 13.0 Å². The first-order valence-corrected chi connectivity index (χ1v) is 9.43. The number of hydrogen-bond donors (Lipinski definition) is 1. The minimum Gasteiger partial charge on any atom is -0.508 e. The number of aromatic hydroxyl groups is 1. The Kier molecular flexibility index (Phi) is 3.61. The third kappa shape index (κ3) is 2.49. The number of nitrogens with zero attached hydrogens (tertiary/aromatic N) is 4. The Hall–Kier alpha value is -1.85. The van der Waals surface area contributed by atoms with Crippen molar-refractivity contribution < 1.29 is 5.11 Å². The molecule has 2 aromatic rings. The molecule has 0 spiro atoms. The van der Waals surface area contributed by atoms with E-state index in [0.29, 0.717) is 23.8 Å². The minimum absolute atomic E-state index is 0.384. The maximum Gasteiger partial charge on any atom is 0.115 e. The lowest BCUT2D eigenvalue weighted by Crippen LogP contribution is -2.60. The van der Waals surface area contributed by atoms with Gasteiger partial charge in [-0.2, -0.15) is 0 Å². The van der Waals surface area contributed by atoms with Crippen LogP contribution in [0, 0.1) is 5.92 Å². The molecule has 4 fully saturated rings. The average molecular weight is 338 g/mol. The van der Waals surface area contributed by atoms with Crippen molar-refractivity contribution in [1.29, 1.82) is 0 Å². The molecule has 4 aliphatic rings. The van der Waals surface area contributed by atoms with Crippen LogP contribution in [0.1, 0.15) is 30.0 Å². The summed E-state index contributed by atoms with van der Waals surface area (Å²) >= 11 is 0. The predicted molar refractivity (Wildman–Crippen MR) is 96.3 cm³/mol. The predicted octanol–water partition coefficient (Wildman–Crippen LogP) is 2.19. The summed E-state index contributed by atoms with van der Waals surface area (Å²) in [5, 5.41) is 9.97. The van der Waals surface area contributed by atoms with E-state index in [0.717, 1.165) is 19.0 Å². The fraction of sp³-hybridized carbons (Fsp3) is 0.550. The molecule has 0 aliphatic carbocycles. The first-order chi connectivity index (χ1) is 12.2. The van der Waals surface area contributed by atoms with Gasteiger partial charge in [-0.1, -0.05) is 12.1 Å². The molecule has 0 unspecified atom stereocenters.